The van der Waals surface area contributed by atoms with Crippen molar-refractivity contribution >= 4 is 18.9 Å². The van der Waals surface area contributed by atoms with Crippen molar-refractivity contribution < 1.29 is 18.9 Å². The summed E-state index contributed by atoms with van der Waals surface area (Å²) in [7, 11) is 0. The molecule has 0 heterocycles. The van der Waals surface area contributed by atoms with Crippen LogP contribution < -0.4 is 18.9 Å². The zero-order valence-electron chi connectivity index (χ0n) is 6.54. The van der Waals surface area contributed by atoms with Gasteiger partial charge in [-0.2, -0.15) is 6.42 Å². The molecule has 1 radical (unpaired) electrons. The summed E-state index contributed by atoms with van der Waals surface area (Å²) in [5.41, 5.74) is 0. The Kier molecular flexibility index (Phi) is 31.6. The smallest absolute Gasteiger partial charge is 0.343 e. The van der Waals surface area contributed by atoms with Crippen molar-refractivity contribution in [3.63, 3.8) is 0 Å². The Labute approximate surface area is 77.2 Å². The van der Waals surface area contributed by atoms with Gasteiger partial charge >= 0.3 is 18.9 Å². The average Bonchev–Trinajstić information content (AvgIpc) is 1.61. The van der Waals surface area contributed by atoms with Gasteiger partial charge in [0.05, 0.1) is 0 Å². The second-order valence-corrected chi connectivity index (χ2v) is 1.56. The van der Waals surface area contributed by atoms with Crippen LogP contribution in [0.15, 0.2) is 0 Å². The zero-order chi connectivity index (χ0) is 4.83. The molecule has 8 heavy (non-hydrogen) atoms. The van der Waals surface area contributed by atoms with E-state index < -0.39 is 0 Å². The van der Waals surface area contributed by atoms with Crippen LogP contribution in [-0.4, -0.2) is 18.9 Å². The minimum Gasteiger partial charge on any atom is -0.343 e. The van der Waals surface area contributed by atoms with E-state index in [0.717, 1.165) is 6.42 Å². The molecule has 0 unspecified atom stereocenters. The molecular weight excluding hydrogens is 85.9 g/mol. The first kappa shape index (κ1) is 16.1. The van der Waals surface area contributed by atoms with Gasteiger partial charge in [-0.1, -0.05) is 26.2 Å². The Morgan fingerprint density at radius 1 is 1.25 bits per heavy atom. The van der Waals surface area contributed by atoms with E-state index in [9.17, 15) is 0 Å². The van der Waals surface area contributed by atoms with Gasteiger partial charge in [-0.3, -0.25) is 0 Å². The van der Waals surface area contributed by atoms with Gasteiger partial charge in [-0.25, -0.2) is 0 Å². The van der Waals surface area contributed by atoms with E-state index in [4.69, 9.17) is 0 Å². The summed E-state index contributed by atoms with van der Waals surface area (Å²) in [5.74, 6) is 0. The van der Waals surface area contributed by atoms with Crippen LogP contribution >= 0.6 is 0 Å². The number of hydrogen-bond donors (Lipinski definition) is 0. The topological polar surface area (TPSA) is 0 Å². The number of unbranched alkanes of at least 4 members (excludes halogenated alkanes) is 3. The molecule has 39 valence electrons. The summed E-state index contributed by atoms with van der Waals surface area (Å²) in [4.78, 5) is 0. The van der Waals surface area contributed by atoms with Crippen LogP contribution in [0.4, 0.5) is 0 Å². The molecule has 2 heteroatoms. The molecule has 0 bridgehead atoms. The molecule has 0 spiro atoms. The minimum atomic E-state index is 0. The molecule has 0 aromatic rings. The first-order valence-electron chi connectivity index (χ1n) is 2.71. The third-order valence-corrected chi connectivity index (χ3v) is 0.854. The molecule has 0 amide bonds. The van der Waals surface area contributed by atoms with Gasteiger partial charge in [0.25, 0.3) is 0 Å². The second-order valence-electron chi connectivity index (χ2n) is 1.56. The minimum absolute atomic E-state index is 0. The molecule has 0 aliphatic heterocycles. The van der Waals surface area contributed by atoms with E-state index in [1.807, 2.05) is 0 Å². The van der Waals surface area contributed by atoms with Gasteiger partial charge in [-0.15, -0.1) is 0 Å². The van der Waals surface area contributed by atoms with Crippen molar-refractivity contribution in [1.82, 2.24) is 0 Å². The summed E-state index contributed by atoms with van der Waals surface area (Å²) < 4.78 is 0. The van der Waals surface area contributed by atoms with E-state index in [2.05, 4.69) is 13.8 Å². The number of rotatable bonds is 3. The molecular formula is C6H13Li2. The van der Waals surface area contributed by atoms with Crippen LogP contribution in [0.5, 0.6) is 0 Å². The van der Waals surface area contributed by atoms with Crippen LogP contribution in [0.2, 0.25) is 0 Å². The molecule has 0 nitrogen and oxygen atoms in total. The van der Waals surface area contributed by atoms with Crippen LogP contribution in [0.3, 0.4) is 0 Å². The van der Waals surface area contributed by atoms with Crippen molar-refractivity contribution in [2.45, 2.75) is 32.6 Å². The van der Waals surface area contributed by atoms with E-state index in [0.29, 0.717) is 0 Å². The van der Waals surface area contributed by atoms with Crippen LogP contribution in [0, 0.1) is 6.92 Å². The Bertz CT molecular complexity index is 18.5. The largest absolute Gasteiger partial charge is 1.00 e. The van der Waals surface area contributed by atoms with Crippen molar-refractivity contribution in [2.75, 3.05) is 0 Å². The van der Waals surface area contributed by atoms with Crippen LogP contribution in [0.1, 0.15) is 32.6 Å². The first-order chi connectivity index (χ1) is 2.91. The Morgan fingerprint density at radius 2 is 1.75 bits per heavy atom. The van der Waals surface area contributed by atoms with Gasteiger partial charge in [0.2, 0.25) is 0 Å². The summed E-state index contributed by atoms with van der Waals surface area (Å²) in [6.45, 7) is 5.93. The summed E-state index contributed by atoms with van der Waals surface area (Å²) >= 11 is 0. The number of hydrogen-bond acceptors (Lipinski definition) is 0. The molecule has 0 saturated heterocycles. The first-order valence-corrected chi connectivity index (χ1v) is 2.71. The second kappa shape index (κ2) is 15.7. The molecule has 0 fully saturated rings. The maximum absolute atomic E-state index is 3.72. The fourth-order valence-corrected chi connectivity index (χ4v) is 0.427. The average molecular weight is 99.1 g/mol. The van der Waals surface area contributed by atoms with Crippen LogP contribution in [-0.2, 0) is 0 Å². The Hall–Kier alpha value is 1.19. The normalized spacial score (nSPS) is 6.75. The predicted octanol–water partition coefficient (Wildman–Crippen LogP) is -0.976. The Morgan fingerprint density at radius 3 is 1.88 bits per heavy atom. The van der Waals surface area contributed by atoms with E-state index in [1.54, 1.807) is 0 Å². The van der Waals surface area contributed by atoms with Gasteiger partial charge in [0.15, 0.2) is 0 Å². The maximum Gasteiger partial charge on any atom is 1.00 e. The van der Waals surface area contributed by atoms with E-state index in [-0.39, 0.29) is 37.7 Å². The van der Waals surface area contributed by atoms with E-state index >= 15 is 0 Å². The molecule has 0 N–H and O–H groups in total. The fourth-order valence-electron chi connectivity index (χ4n) is 0.427. The van der Waals surface area contributed by atoms with Crippen molar-refractivity contribution in [3.8, 4) is 0 Å². The van der Waals surface area contributed by atoms with Gasteiger partial charge in [0, 0.05) is 18.9 Å². The quantitative estimate of drug-likeness (QED) is 0.242. The van der Waals surface area contributed by atoms with Crippen molar-refractivity contribution in [3.05, 3.63) is 6.92 Å². The van der Waals surface area contributed by atoms with Crippen molar-refractivity contribution in [1.29, 1.82) is 0 Å². The third kappa shape index (κ3) is 15.7. The molecule has 0 rings (SSSR count). The van der Waals surface area contributed by atoms with Gasteiger partial charge in [-0.05, 0) is 0 Å². The zero-order valence-corrected chi connectivity index (χ0v) is 6.54. The van der Waals surface area contributed by atoms with Crippen molar-refractivity contribution in [2.24, 2.45) is 0 Å². The molecule has 0 aromatic heterocycles. The summed E-state index contributed by atoms with van der Waals surface area (Å²) in [6, 6.07) is 0. The molecule has 0 saturated carbocycles. The SMILES string of the molecule is [CH2-]CCCCC.[Li+].[Li]. The van der Waals surface area contributed by atoms with E-state index in [1.165, 1.54) is 19.3 Å². The maximum atomic E-state index is 3.72. The standard InChI is InChI=1S/C6H13.2Li/c1-3-5-6-4-2;;/h1,3-6H2,2H3;;/q-1;;+1. The van der Waals surface area contributed by atoms with Crippen LogP contribution in [0.25, 0.3) is 0 Å². The molecule has 0 aliphatic carbocycles. The molecule has 0 atom stereocenters. The fraction of sp³-hybridized carbons (Fsp3) is 0.833. The Balaban J connectivity index is -0.000000125. The summed E-state index contributed by atoms with van der Waals surface area (Å²) in [6.07, 6.45) is 5.07. The monoisotopic (exact) mass is 99.1 g/mol. The predicted molar refractivity (Wildman–Crippen MR) is 35.3 cm³/mol. The molecule has 0 aliphatic rings. The molecule has 0 aromatic carbocycles. The van der Waals surface area contributed by atoms with Gasteiger partial charge in [0.1, 0.15) is 0 Å². The third-order valence-electron chi connectivity index (χ3n) is 0.854. The van der Waals surface area contributed by atoms with Gasteiger partial charge < -0.3 is 6.92 Å². The summed E-state index contributed by atoms with van der Waals surface area (Å²) in [5, 5.41) is 0.